The Bertz CT molecular complexity index is 949. The standard InChI is InChI=1S/C22H23N3OS2/c1-16-13-17(14-25-9-11-27-12-10-25)7-8-19(16)23-21(26)20-15-28-22(24-20)18-5-3-2-4-6-18/h2-8,13,15H,9-12,14H2,1H3,(H,23,26). The highest BCUT2D eigenvalue weighted by Crippen LogP contribution is 2.24. The molecule has 1 amide bonds. The summed E-state index contributed by atoms with van der Waals surface area (Å²) in [5.41, 5.74) is 4.71. The Morgan fingerprint density at radius 3 is 2.68 bits per heavy atom. The maximum atomic E-state index is 12.6. The molecular weight excluding hydrogens is 386 g/mol. The van der Waals surface area contributed by atoms with Crippen LogP contribution in [0.5, 0.6) is 0 Å². The lowest BCUT2D eigenvalue weighted by molar-refractivity contribution is 0.102. The van der Waals surface area contributed by atoms with Crippen molar-refractivity contribution in [1.29, 1.82) is 0 Å². The molecule has 1 fully saturated rings. The van der Waals surface area contributed by atoms with E-state index in [2.05, 4.69) is 27.3 Å². The number of nitrogens with one attached hydrogen (secondary N) is 1. The Morgan fingerprint density at radius 2 is 1.93 bits per heavy atom. The van der Waals surface area contributed by atoms with Crippen molar-refractivity contribution < 1.29 is 4.79 Å². The monoisotopic (exact) mass is 409 g/mol. The van der Waals surface area contributed by atoms with Crippen LogP contribution in [0.4, 0.5) is 5.69 Å². The number of anilines is 1. The molecular formula is C22H23N3OS2. The summed E-state index contributed by atoms with van der Waals surface area (Å²) >= 11 is 3.51. The summed E-state index contributed by atoms with van der Waals surface area (Å²) in [4.78, 5) is 19.6. The van der Waals surface area contributed by atoms with Crippen molar-refractivity contribution >= 4 is 34.7 Å². The Hall–Kier alpha value is -2.15. The first kappa shape index (κ1) is 19.2. The molecule has 1 saturated heterocycles. The minimum absolute atomic E-state index is 0.165. The first-order valence-corrected chi connectivity index (χ1v) is 11.4. The van der Waals surface area contributed by atoms with Gasteiger partial charge in [0.2, 0.25) is 0 Å². The molecule has 2 heterocycles. The predicted octanol–water partition coefficient (Wildman–Crippen LogP) is 4.92. The van der Waals surface area contributed by atoms with Crippen LogP contribution in [-0.4, -0.2) is 40.4 Å². The highest BCUT2D eigenvalue weighted by atomic mass is 32.2. The van der Waals surface area contributed by atoms with E-state index in [-0.39, 0.29) is 5.91 Å². The second kappa shape index (κ2) is 8.90. The van der Waals surface area contributed by atoms with Crippen LogP contribution in [0.15, 0.2) is 53.9 Å². The number of hydrogen-bond donors (Lipinski definition) is 1. The van der Waals surface area contributed by atoms with Gasteiger partial charge in [-0.2, -0.15) is 11.8 Å². The second-order valence-electron chi connectivity index (χ2n) is 6.90. The summed E-state index contributed by atoms with van der Waals surface area (Å²) in [6.07, 6.45) is 0. The normalized spacial score (nSPS) is 14.8. The van der Waals surface area contributed by atoms with Crippen LogP contribution in [0, 0.1) is 6.92 Å². The van der Waals surface area contributed by atoms with E-state index in [1.54, 1.807) is 0 Å². The Kier molecular flexibility index (Phi) is 6.10. The van der Waals surface area contributed by atoms with Crippen molar-refractivity contribution in [3.63, 3.8) is 0 Å². The first-order valence-electron chi connectivity index (χ1n) is 9.41. The van der Waals surface area contributed by atoms with Crippen LogP contribution in [0.25, 0.3) is 10.6 Å². The van der Waals surface area contributed by atoms with Crippen molar-refractivity contribution in [2.24, 2.45) is 0 Å². The van der Waals surface area contributed by atoms with E-state index in [4.69, 9.17) is 0 Å². The molecule has 6 heteroatoms. The van der Waals surface area contributed by atoms with E-state index < -0.39 is 0 Å². The first-order chi connectivity index (χ1) is 13.7. The van der Waals surface area contributed by atoms with Gasteiger partial charge in [0.25, 0.3) is 5.91 Å². The van der Waals surface area contributed by atoms with Gasteiger partial charge in [0.15, 0.2) is 0 Å². The van der Waals surface area contributed by atoms with Crippen molar-refractivity contribution in [2.45, 2.75) is 13.5 Å². The lowest BCUT2D eigenvalue weighted by Crippen LogP contribution is -2.31. The smallest absolute Gasteiger partial charge is 0.275 e. The number of carbonyl (C=O) groups excluding carboxylic acids is 1. The summed E-state index contributed by atoms with van der Waals surface area (Å²) in [6.45, 7) is 5.31. The molecule has 1 aliphatic rings. The van der Waals surface area contributed by atoms with Crippen LogP contribution in [-0.2, 0) is 6.54 Å². The van der Waals surface area contributed by atoms with Gasteiger partial charge >= 0.3 is 0 Å². The third-order valence-electron chi connectivity index (χ3n) is 4.81. The number of benzene rings is 2. The molecule has 3 aromatic rings. The molecule has 1 aliphatic heterocycles. The minimum Gasteiger partial charge on any atom is -0.320 e. The number of thioether (sulfide) groups is 1. The van der Waals surface area contributed by atoms with Crippen LogP contribution in [0.3, 0.4) is 0 Å². The quantitative estimate of drug-likeness (QED) is 0.650. The molecule has 0 spiro atoms. The number of nitrogens with zero attached hydrogens (tertiary/aromatic N) is 2. The number of rotatable bonds is 5. The molecule has 0 radical (unpaired) electrons. The number of thiazole rings is 1. The Balaban J connectivity index is 1.42. The van der Waals surface area contributed by atoms with Gasteiger partial charge in [-0.25, -0.2) is 4.98 Å². The molecule has 0 atom stereocenters. The third-order valence-corrected chi connectivity index (χ3v) is 6.64. The number of carbonyl (C=O) groups is 1. The fraction of sp³-hybridized carbons (Fsp3) is 0.273. The molecule has 1 N–H and O–H groups in total. The molecule has 2 aromatic carbocycles. The molecule has 0 saturated carbocycles. The van der Waals surface area contributed by atoms with Gasteiger partial charge in [0.05, 0.1) is 0 Å². The van der Waals surface area contributed by atoms with Gasteiger partial charge in [-0.15, -0.1) is 11.3 Å². The zero-order valence-electron chi connectivity index (χ0n) is 15.9. The van der Waals surface area contributed by atoms with Gasteiger partial charge in [0, 0.05) is 47.8 Å². The lowest BCUT2D eigenvalue weighted by Gasteiger charge is -2.26. The van der Waals surface area contributed by atoms with Gasteiger partial charge in [0.1, 0.15) is 10.7 Å². The highest BCUT2D eigenvalue weighted by Gasteiger charge is 2.14. The largest absolute Gasteiger partial charge is 0.320 e. The van der Waals surface area contributed by atoms with Crippen LogP contribution < -0.4 is 5.32 Å². The molecule has 28 heavy (non-hydrogen) atoms. The zero-order chi connectivity index (χ0) is 19.3. The Labute approximate surface area is 174 Å². The predicted molar refractivity (Wildman–Crippen MR) is 119 cm³/mol. The summed E-state index contributed by atoms with van der Waals surface area (Å²) in [5.74, 6) is 2.26. The Morgan fingerprint density at radius 1 is 1.14 bits per heavy atom. The SMILES string of the molecule is Cc1cc(CN2CCSCC2)ccc1NC(=O)c1csc(-c2ccccc2)n1. The number of amides is 1. The van der Waals surface area contributed by atoms with Crippen molar-refractivity contribution in [2.75, 3.05) is 29.9 Å². The highest BCUT2D eigenvalue weighted by molar-refractivity contribution is 7.99. The maximum Gasteiger partial charge on any atom is 0.275 e. The van der Waals surface area contributed by atoms with Crippen molar-refractivity contribution in [1.82, 2.24) is 9.88 Å². The van der Waals surface area contributed by atoms with E-state index >= 15 is 0 Å². The summed E-state index contributed by atoms with van der Waals surface area (Å²) in [6, 6.07) is 16.2. The topological polar surface area (TPSA) is 45.2 Å². The molecule has 1 aromatic heterocycles. The van der Waals surface area contributed by atoms with E-state index in [1.807, 2.05) is 60.5 Å². The van der Waals surface area contributed by atoms with E-state index in [0.717, 1.165) is 41.5 Å². The molecule has 0 unspecified atom stereocenters. The minimum atomic E-state index is -0.165. The molecule has 0 aliphatic carbocycles. The van der Waals surface area contributed by atoms with Gasteiger partial charge in [-0.3, -0.25) is 9.69 Å². The molecule has 144 valence electrons. The van der Waals surface area contributed by atoms with Crippen molar-refractivity contribution in [3.05, 3.63) is 70.7 Å². The number of aryl methyl sites for hydroxylation is 1. The zero-order valence-corrected chi connectivity index (χ0v) is 17.5. The third kappa shape index (κ3) is 4.63. The average molecular weight is 410 g/mol. The summed E-state index contributed by atoms with van der Waals surface area (Å²) in [7, 11) is 0. The lowest BCUT2D eigenvalue weighted by atomic mass is 10.1. The van der Waals surface area contributed by atoms with Gasteiger partial charge in [-0.05, 0) is 24.1 Å². The fourth-order valence-electron chi connectivity index (χ4n) is 3.26. The summed E-state index contributed by atoms with van der Waals surface area (Å²) < 4.78 is 0. The average Bonchev–Trinajstić information content (AvgIpc) is 3.22. The number of aromatic nitrogens is 1. The van der Waals surface area contributed by atoms with E-state index in [0.29, 0.717) is 5.69 Å². The number of hydrogen-bond acceptors (Lipinski definition) is 5. The van der Waals surface area contributed by atoms with Crippen molar-refractivity contribution in [3.8, 4) is 10.6 Å². The van der Waals surface area contributed by atoms with E-state index in [9.17, 15) is 4.79 Å². The second-order valence-corrected chi connectivity index (χ2v) is 8.98. The molecule has 4 nitrogen and oxygen atoms in total. The maximum absolute atomic E-state index is 12.6. The summed E-state index contributed by atoms with van der Waals surface area (Å²) in [5, 5.41) is 5.68. The van der Waals surface area contributed by atoms with Crippen LogP contribution >= 0.6 is 23.1 Å². The van der Waals surface area contributed by atoms with Gasteiger partial charge in [-0.1, -0.05) is 42.5 Å². The van der Waals surface area contributed by atoms with Gasteiger partial charge < -0.3 is 5.32 Å². The fourth-order valence-corrected chi connectivity index (χ4v) is 5.04. The van der Waals surface area contributed by atoms with E-state index in [1.165, 1.54) is 28.4 Å². The van der Waals surface area contributed by atoms with Crippen LogP contribution in [0.1, 0.15) is 21.6 Å². The molecule has 4 rings (SSSR count). The molecule has 0 bridgehead atoms. The van der Waals surface area contributed by atoms with Crippen LogP contribution in [0.2, 0.25) is 0 Å².